The van der Waals surface area contributed by atoms with Gasteiger partial charge in [-0.15, -0.1) is 13.2 Å². The number of fused-ring (bicyclic) bond motifs is 1. The van der Waals surface area contributed by atoms with E-state index in [2.05, 4.69) is 10.1 Å². The molecule has 2 aromatic rings. The summed E-state index contributed by atoms with van der Waals surface area (Å²) in [5.74, 6) is -0.763. The number of benzene rings is 2. The lowest BCUT2D eigenvalue weighted by molar-refractivity contribution is -0.274. The number of amides is 1. The molecule has 0 unspecified atom stereocenters. The molecule has 1 amide bonds. The second-order valence-corrected chi connectivity index (χ2v) is 8.21. The van der Waals surface area contributed by atoms with E-state index in [-0.39, 0.29) is 12.3 Å². The number of ether oxygens (including phenoxy) is 1. The molecule has 0 spiro atoms. The average molecular weight is 414 g/mol. The fourth-order valence-corrected chi connectivity index (χ4v) is 3.88. The van der Waals surface area contributed by atoms with E-state index in [1.165, 1.54) is 22.5 Å². The van der Waals surface area contributed by atoms with E-state index in [1.54, 1.807) is 12.1 Å². The van der Waals surface area contributed by atoms with Crippen LogP contribution in [0.15, 0.2) is 42.5 Å². The van der Waals surface area contributed by atoms with Crippen LogP contribution in [0, 0.1) is 0 Å². The van der Waals surface area contributed by atoms with Crippen molar-refractivity contribution in [2.75, 3.05) is 17.1 Å². The van der Waals surface area contributed by atoms with Crippen LogP contribution in [-0.2, 0) is 23.0 Å². The first kappa shape index (κ1) is 20.0. The third kappa shape index (κ3) is 4.75. The van der Waals surface area contributed by atoms with Crippen LogP contribution in [0.5, 0.6) is 5.75 Å². The molecule has 6 nitrogen and oxygen atoms in total. The Bertz CT molecular complexity index is 989. The molecule has 150 valence electrons. The first-order valence-electron chi connectivity index (χ1n) is 8.26. The SMILES string of the molecule is CS(=O)(=O)N1CCc2ccc(C(=O)NCc3ccc(OC(F)(F)F)cc3)cc21. The Morgan fingerprint density at radius 2 is 1.86 bits per heavy atom. The number of hydrogen-bond acceptors (Lipinski definition) is 4. The van der Waals surface area contributed by atoms with E-state index in [4.69, 9.17) is 0 Å². The van der Waals surface area contributed by atoms with E-state index in [0.29, 0.717) is 29.8 Å². The van der Waals surface area contributed by atoms with Gasteiger partial charge >= 0.3 is 6.36 Å². The van der Waals surface area contributed by atoms with Crippen LogP contribution < -0.4 is 14.4 Å². The van der Waals surface area contributed by atoms with Crippen LogP contribution in [-0.4, -0.2) is 33.5 Å². The smallest absolute Gasteiger partial charge is 0.406 e. The Hall–Kier alpha value is -2.75. The third-order valence-electron chi connectivity index (χ3n) is 4.21. The van der Waals surface area contributed by atoms with E-state index < -0.39 is 22.3 Å². The fourth-order valence-electron chi connectivity index (χ4n) is 2.93. The van der Waals surface area contributed by atoms with Crippen molar-refractivity contribution in [2.45, 2.75) is 19.3 Å². The van der Waals surface area contributed by atoms with Crippen LogP contribution in [0.3, 0.4) is 0 Å². The fraction of sp³-hybridized carbons (Fsp3) is 0.278. The van der Waals surface area contributed by atoms with Gasteiger partial charge < -0.3 is 10.1 Å². The number of nitrogens with zero attached hydrogens (tertiary/aromatic N) is 1. The zero-order valence-electron chi connectivity index (χ0n) is 14.8. The van der Waals surface area contributed by atoms with Crippen LogP contribution in [0.1, 0.15) is 21.5 Å². The Balaban J connectivity index is 1.66. The van der Waals surface area contributed by atoms with Gasteiger partial charge in [-0.2, -0.15) is 0 Å². The quantitative estimate of drug-likeness (QED) is 0.817. The number of nitrogens with one attached hydrogen (secondary N) is 1. The molecule has 0 saturated heterocycles. The summed E-state index contributed by atoms with van der Waals surface area (Å²) >= 11 is 0. The molecular weight excluding hydrogens is 397 g/mol. The number of alkyl halides is 3. The van der Waals surface area contributed by atoms with Gasteiger partial charge in [0.05, 0.1) is 11.9 Å². The Morgan fingerprint density at radius 1 is 1.18 bits per heavy atom. The number of anilines is 1. The lowest BCUT2D eigenvalue weighted by Crippen LogP contribution is -2.28. The minimum absolute atomic E-state index is 0.0952. The van der Waals surface area contributed by atoms with E-state index in [9.17, 15) is 26.4 Å². The van der Waals surface area contributed by atoms with E-state index >= 15 is 0 Å². The number of sulfonamides is 1. The summed E-state index contributed by atoms with van der Waals surface area (Å²) in [6.45, 7) is 0.434. The molecule has 28 heavy (non-hydrogen) atoms. The molecule has 0 radical (unpaired) electrons. The first-order chi connectivity index (χ1) is 13.0. The van der Waals surface area contributed by atoms with Crippen molar-refractivity contribution < 1.29 is 31.1 Å². The summed E-state index contributed by atoms with van der Waals surface area (Å²) in [7, 11) is -3.42. The molecule has 0 atom stereocenters. The standard InChI is InChI=1S/C18H17F3N2O4S/c1-28(25,26)23-9-8-13-4-5-14(10-16(13)23)17(24)22-11-12-2-6-15(7-3-12)27-18(19,20)21/h2-7,10H,8-9,11H2,1H3,(H,22,24). The van der Waals surface area contributed by atoms with Crippen LogP contribution >= 0.6 is 0 Å². The van der Waals surface area contributed by atoms with E-state index in [1.807, 2.05) is 0 Å². The molecule has 2 aromatic carbocycles. The average Bonchev–Trinajstić information content (AvgIpc) is 3.03. The lowest BCUT2D eigenvalue weighted by Gasteiger charge is -2.17. The Labute approximate surface area is 160 Å². The molecule has 1 N–H and O–H groups in total. The molecule has 10 heteroatoms. The molecule has 0 bridgehead atoms. The highest BCUT2D eigenvalue weighted by Gasteiger charge is 2.31. The maximum atomic E-state index is 12.4. The summed E-state index contributed by atoms with van der Waals surface area (Å²) < 4.78 is 65.2. The minimum Gasteiger partial charge on any atom is -0.406 e. The number of carbonyl (C=O) groups is 1. The summed E-state index contributed by atoms with van der Waals surface area (Å²) in [6, 6.07) is 10.0. The highest BCUT2D eigenvalue weighted by molar-refractivity contribution is 7.92. The van der Waals surface area contributed by atoms with E-state index in [0.717, 1.165) is 24.0 Å². The largest absolute Gasteiger partial charge is 0.573 e. The van der Waals surface area contributed by atoms with Crippen molar-refractivity contribution in [3.63, 3.8) is 0 Å². The molecule has 1 aliphatic rings. The van der Waals surface area contributed by atoms with Crippen LogP contribution in [0.4, 0.5) is 18.9 Å². The van der Waals surface area contributed by atoms with Gasteiger partial charge in [0.2, 0.25) is 10.0 Å². The molecule has 0 aromatic heterocycles. The molecule has 0 fully saturated rings. The number of rotatable bonds is 5. The van der Waals surface area contributed by atoms with Gasteiger partial charge in [-0.1, -0.05) is 18.2 Å². The highest BCUT2D eigenvalue weighted by Crippen LogP contribution is 2.31. The zero-order valence-corrected chi connectivity index (χ0v) is 15.6. The van der Waals surface area contributed by atoms with Crippen molar-refractivity contribution >= 4 is 21.6 Å². The number of halogens is 3. The van der Waals surface area contributed by atoms with Crippen LogP contribution in [0.25, 0.3) is 0 Å². The van der Waals surface area contributed by atoms with Gasteiger partial charge in [0, 0.05) is 18.7 Å². The molecule has 0 aliphatic carbocycles. The van der Waals surface area contributed by atoms with Crippen LogP contribution in [0.2, 0.25) is 0 Å². The maximum Gasteiger partial charge on any atom is 0.573 e. The third-order valence-corrected chi connectivity index (χ3v) is 5.39. The minimum atomic E-state index is -4.76. The van der Waals surface area contributed by atoms with Gasteiger partial charge in [0.1, 0.15) is 5.75 Å². The van der Waals surface area contributed by atoms with Crippen molar-refractivity contribution in [3.8, 4) is 5.75 Å². The lowest BCUT2D eigenvalue weighted by atomic mass is 10.1. The highest BCUT2D eigenvalue weighted by atomic mass is 32.2. The predicted octanol–water partition coefficient (Wildman–Crippen LogP) is 2.84. The topological polar surface area (TPSA) is 75.7 Å². The zero-order chi connectivity index (χ0) is 20.5. The van der Waals surface area contributed by atoms with Gasteiger partial charge in [0.25, 0.3) is 5.91 Å². The summed E-state index contributed by atoms with van der Waals surface area (Å²) in [6.07, 6.45) is -3.07. The van der Waals surface area contributed by atoms with Crippen molar-refractivity contribution in [3.05, 3.63) is 59.2 Å². The molecule has 1 aliphatic heterocycles. The summed E-state index contributed by atoms with van der Waals surface area (Å²) in [5, 5.41) is 2.66. The summed E-state index contributed by atoms with van der Waals surface area (Å²) in [4.78, 5) is 12.4. The van der Waals surface area contributed by atoms with Crippen molar-refractivity contribution in [1.82, 2.24) is 5.32 Å². The second-order valence-electron chi connectivity index (χ2n) is 6.30. The van der Waals surface area contributed by atoms with Gasteiger partial charge in [-0.3, -0.25) is 9.10 Å². The van der Waals surface area contributed by atoms with Crippen molar-refractivity contribution in [2.24, 2.45) is 0 Å². The van der Waals surface area contributed by atoms with Gasteiger partial charge in [0.15, 0.2) is 0 Å². The van der Waals surface area contributed by atoms with Gasteiger partial charge in [-0.25, -0.2) is 8.42 Å². The Kier molecular flexibility index (Phi) is 5.24. The molecule has 3 rings (SSSR count). The first-order valence-corrected chi connectivity index (χ1v) is 10.1. The maximum absolute atomic E-state index is 12.4. The molecule has 0 saturated carbocycles. The number of carbonyl (C=O) groups excluding carboxylic acids is 1. The Morgan fingerprint density at radius 3 is 2.46 bits per heavy atom. The van der Waals surface area contributed by atoms with Crippen molar-refractivity contribution in [1.29, 1.82) is 0 Å². The number of hydrogen-bond donors (Lipinski definition) is 1. The predicted molar refractivity (Wildman–Crippen MR) is 96.6 cm³/mol. The van der Waals surface area contributed by atoms with Gasteiger partial charge in [-0.05, 0) is 41.8 Å². The molecular formula is C18H17F3N2O4S. The molecule has 1 heterocycles. The summed E-state index contributed by atoms with van der Waals surface area (Å²) in [5.41, 5.74) is 2.22. The second kappa shape index (κ2) is 7.34. The monoisotopic (exact) mass is 414 g/mol. The normalized spacial score (nSPS) is 13.9.